The predicted octanol–water partition coefficient (Wildman–Crippen LogP) is -0.0483. The summed E-state index contributed by atoms with van der Waals surface area (Å²) in [5.41, 5.74) is 18.7. The summed E-state index contributed by atoms with van der Waals surface area (Å²) < 4.78 is 0. The van der Waals surface area contributed by atoms with Crippen LogP contribution in [0.3, 0.4) is 0 Å². The molecule has 1 fully saturated rings. The van der Waals surface area contributed by atoms with E-state index in [2.05, 4.69) is 16.0 Å². The molecule has 4 unspecified atom stereocenters. The van der Waals surface area contributed by atoms with Crippen molar-refractivity contribution < 1.29 is 43.8 Å². The van der Waals surface area contributed by atoms with Crippen molar-refractivity contribution in [3.63, 3.8) is 0 Å². The molecule has 5 amide bonds. The molecule has 17 heteroatoms. The Morgan fingerprint density at radius 2 is 1.10 bits per heavy atom. The van der Waals surface area contributed by atoms with Gasteiger partial charge in [0.2, 0.25) is 17.7 Å². The molecule has 0 aliphatic carbocycles. The Morgan fingerprint density at radius 1 is 0.667 bits per heavy atom. The summed E-state index contributed by atoms with van der Waals surface area (Å²) in [7, 11) is 0. The zero-order valence-corrected chi connectivity index (χ0v) is 29.1. The lowest BCUT2D eigenvalue weighted by atomic mass is 10.0. The van der Waals surface area contributed by atoms with E-state index in [0.717, 1.165) is 0 Å². The van der Waals surface area contributed by atoms with Crippen LogP contribution in [0.4, 0.5) is 0 Å². The van der Waals surface area contributed by atoms with Gasteiger partial charge < -0.3 is 48.2 Å². The predicted molar refractivity (Wildman–Crippen MR) is 188 cm³/mol. The highest BCUT2D eigenvalue weighted by atomic mass is 35.5. The van der Waals surface area contributed by atoms with Crippen molar-refractivity contribution in [1.29, 1.82) is 0 Å². The summed E-state index contributed by atoms with van der Waals surface area (Å²) in [4.78, 5) is 83.0. The van der Waals surface area contributed by atoms with E-state index in [9.17, 15) is 39.0 Å². The van der Waals surface area contributed by atoms with Crippen molar-refractivity contribution in [2.75, 3.05) is 13.1 Å². The fourth-order valence-corrected chi connectivity index (χ4v) is 5.19. The number of phenols is 2. The van der Waals surface area contributed by atoms with Crippen LogP contribution in [-0.4, -0.2) is 88.0 Å². The van der Waals surface area contributed by atoms with Crippen molar-refractivity contribution in [2.24, 2.45) is 17.2 Å². The second-order valence-electron chi connectivity index (χ2n) is 12.1. The number of aromatic hydroxyl groups is 2. The maximum absolute atomic E-state index is 13.8. The molecule has 1 aliphatic rings. The molecular formula is C34H48ClN7O9. The van der Waals surface area contributed by atoms with Crippen LogP contribution in [0.25, 0.3) is 0 Å². The maximum atomic E-state index is 13.8. The van der Waals surface area contributed by atoms with Gasteiger partial charge in [-0.05, 0) is 93.4 Å². The first-order valence-corrected chi connectivity index (χ1v) is 16.6. The van der Waals surface area contributed by atoms with Gasteiger partial charge in [0.15, 0.2) is 0 Å². The van der Waals surface area contributed by atoms with E-state index in [1.54, 1.807) is 24.3 Å². The molecule has 51 heavy (non-hydrogen) atoms. The number of amides is 5. The smallest absolute Gasteiger partial charge is 0.355 e. The first-order chi connectivity index (χ1) is 23.9. The molecule has 4 atom stereocenters. The topological polar surface area (TPSA) is 270 Å². The monoisotopic (exact) mass is 733 g/mol. The highest BCUT2D eigenvalue weighted by molar-refractivity contribution is 6.02. The average molecular weight is 734 g/mol. The molecule has 0 radical (unpaired) electrons. The summed E-state index contributed by atoms with van der Waals surface area (Å²) in [5, 5.41) is 27.6. The molecule has 2 aromatic carbocycles. The van der Waals surface area contributed by atoms with Gasteiger partial charge in [0, 0.05) is 19.3 Å². The Labute approximate surface area is 302 Å². The van der Waals surface area contributed by atoms with Gasteiger partial charge in [-0.15, -0.1) is 17.5 Å². The second-order valence-corrected chi connectivity index (χ2v) is 12.1. The number of halogens is 1. The lowest BCUT2D eigenvalue weighted by molar-refractivity contribution is -0.199. The van der Waals surface area contributed by atoms with Gasteiger partial charge in [-0.3, -0.25) is 24.0 Å². The van der Waals surface area contributed by atoms with Gasteiger partial charge in [0.1, 0.15) is 29.6 Å². The van der Waals surface area contributed by atoms with E-state index in [1.807, 2.05) is 0 Å². The lowest BCUT2D eigenvalue weighted by Crippen LogP contribution is -2.58. The summed E-state index contributed by atoms with van der Waals surface area (Å²) in [6.07, 6.45) is 2.02. The Bertz CT molecular complexity index is 1460. The van der Waals surface area contributed by atoms with Crippen LogP contribution < -0.4 is 33.2 Å². The molecule has 1 aliphatic heterocycles. The van der Waals surface area contributed by atoms with Gasteiger partial charge in [0.05, 0.1) is 6.04 Å². The molecule has 1 saturated heterocycles. The van der Waals surface area contributed by atoms with Gasteiger partial charge >= 0.3 is 5.97 Å². The molecule has 280 valence electrons. The first kappa shape index (κ1) is 42.4. The van der Waals surface area contributed by atoms with E-state index in [4.69, 9.17) is 22.0 Å². The Balaban J connectivity index is 0.00000901. The molecule has 0 saturated carbocycles. The third kappa shape index (κ3) is 13.8. The van der Waals surface area contributed by atoms with Crippen molar-refractivity contribution in [2.45, 2.75) is 88.4 Å². The minimum absolute atomic E-state index is 0. The highest BCUT2D eigenvalue weighted by Crippen LogP contribution is 2.16. The Kier molecular flexibility index (Phi) is 17.8. The number of imide groups is 1. The molecule has 0 bridgehead atoms. The highest BCUT2D eigenvalue weighted by Gasteiger charge is 2.36. The summed E-state index contributed by atoms with van der Waals surface area (Å²) in [6.45, 7) is 0.666. The fraction of sp³-hybridized carbons (Fsp3) is 0.471. The standard InChI is InChI=1S/C34H47N7O9.ClH/c35-17-3-1-5-26(38-31(46)25(37)19-21-7-11-23(42)12-8-21)32(47)40-28(20-22-9-13-24(43)14-10-22)33(48)39-27(6-2-4-18-36)34(49)50-41-29(44)15-16-30(41)45;/h7-14,25-28,42-43H,1-6,15-20,35-37H2,(H,38,46)(H,39,48)(H,40,47);1H. The summed E-state index contributed by atoms with van der Waals surface area (Å²) >= 11 is 0. The number of unbranched alkanes of at least 4 members (excludes halogenated alkanes) is 2. The average Bonchev–Trinajstić information content (AvgIpc) is 3.41. The molecule has 3 rings (SSSR count). The third-order valence-electron chi connectivity index (χ3n) is 8.05. The molecule has 0 spiro atoms. The van der Waals surface area contributed by atoms with E-state index in [-0.39, 0.29) is 62.4 Å². The van der Waals surface area contributed by atoms with Crippen LogP contribution >= 0.6 is 12.4 Å². The number of carbonyl (C=O) groups excluding carboxylic acids is 6. The fourth-order valence-electron chi connectivity index (χ4n) is 5.19. The zero-order chi connectivity index (χ0) is 36.6. The maximum Gasteiger partial charge on any atom is 0.355 e. The number of nitrogens with one attached hydrogen (secondary N) is 3. The zero-order valence-electron chi connectivity index (χ0n) is 28.3. The van der Waals surface area contributed by atoms with Gasteiger partial charge in [-0.2, -0.15) is 0 Å². The Hall–Kier alpha value is -4.77. The number of nitrogens with two attached hydrogens (primary N) is 3. The molecule has 1 heterocycles. The number of hydrogen-bond acceptors (Lipinski definition) is 12. The molecule has 0 aromatic heterocycles. The largest absolute Gasteiger partial charge is 0.508 e. The second kappa shape index (κ2) is 21.4. The van der Waals surface area contributed by atoms with E-state index < -0.39 is 59.7 Å². The molecular weight excluding hydrogens is 686 g/mol. The van der Waals surface area contributed by atoms with Crippen LogP contribution in [0.5, 0.6) is 11.5 Å². The Morgan fingerprint density at radius 3 is 1.61 bits per heavy atom. The summed E-state index contributed by atoms with van der Waals surface area (Å²) in [5.74, 6) is -4.44. The number of carbonyl (C=O) groups is 6. The lowest BCUT2D eigenvalue weighted by Gasteiger charge is -2.26. The van der Waals surface area contributed by atoms with Crippen LogP contribution in [0, 0.1) is 0 Å². The first-order valence-electron chi connectivity index (χ1n) is 16.6. The number of phenolic OH excluding ortho intramolecular Hbond substituents is 2. The normalized spacial score (nSPS) is 14.8. The SMILES string of the molecule is Cl.NCCCCC(NC(=O)C(N)Cc1ccc(O)cc1)C(=O)NC(Cc1ccc(O)cc1)C(=O)NC(CCCCN)C(=O)ON1C(=O)CCC1=O. The number of benzene rings is 2. The number of rotatable bonds is 20. The molecule has 16 nitrogen and oxygen atoms in total. The number of hydroxylamine groups is 2. The number of hydrogen-bond donors (Lipinski definition) is 8. The van der Waals surface area contributed by atoms with Gasteiger partial charge in [0.25, 0.3) is 11.8 Å². The quantitative estimate of drug-likeness (QED) is 0.0658. The van der Waals surface area contributed by atoms with Gasteiger partial charge in [-0.25, -0.2) is 4.79 Å². The van der Waals surface area contributed by atoms with Gasteiger partial charge in [-0.1, -0.05) is 24.3 Å². The minimum atomic E-state index is -1.30. The van der Waals surface area contributed by atoms with Crippen LogP contribution in [0.2, 0.25) is 0 Å². The van der Waals surface area contributed by atoms with Crippen LogP contribution in [-0.2, 0) is 46.4 Å². The van der Waals surface area contributed by atoms with E-state index >= 15 is 0 Å². The van der Waals surface area contributed by atoms with Crippen LogP contribution in [0.15, 0.2) is 48.5 Å². The van der Waals surface area contributed by atoms with Crippen molar-refractivity contribution in [3.8, 4) is 11.5 Å². The molecule has 2 aromatic rings. The third-order valence-corrected chi connectivity index (χ3v) is 8.05. The van der Waals surface area contributed by atoms with Crippen LogP contribution in [0.1, 0.15) is 62.5 Å². The minimum Gasteiger partial charge on any atom is -0.508 e. The van der Waals surface area contributed by atoms with Crippen molar-refractivity contribution in [1.82, 2.24) is 21.0 Å². The van der Waals surface area contributed by atoms with Crippen molar-refractivity contribution >= 4 is 47.9 Å². The summed E-state index contributed by atoms with van der Waals surface area (Å²) in [6, 6.07) is 7.40. The van der Waals surface area contributed by atoms with E-state index in [1.165, 1.54) is 24.3 Å². The number of nitrogens with zero attached hydrogens (tertiary/aromatic N) is 1. The van der Waals surface area contributed by atoms with Crippen molar-refractivity contribution in [3.05, 3.63) is 59.7 Å². The molecule has 11 N–H and O–H groups in total. The van der Waals surface area contributed by atoms with E-state index in [0.29, 0.717) is 55.0 Å².